The summed E-state index contributed by atoms with van der Waals surface area (Å²) in [5.41, 5.74) is 1.59. The maximum Gasteiger partial charge on any atom is 0.251 e. The number of amides is 2. The molecule has 0 aliphatic carbocycles. The molecule has 0 spiro atoms. The number of carbonyl (C=O) groups excluding carboxylic acids is 2. The average molecular weight is 446 g/mol. The van der Waals surface area contributed by atoms with E-state index in [1.807, 2.05) is 31.2 Å². The van der Waals surface area contributed by atoms with Crippen molar-refractivity contribution in [1.82, 2.24) is 10.2 Å². The zero-order valence-corrected chi connectivity index (χ0v) is 17.4. The number of benzene rings is 2. The van der Waals surface area contributed by atoms with Crippen LogP contribution in [-0.2, 0) is 4.79 Å². The van der Waals surface area contributed by atoms with Crippen LogP contribution in [0.2, 0.25) is 0 Å². The third-order valence-electron chi connectivity index (χ3n) is 4.64. The number of hydrogen-bond donors (Lipinski definition) is 1. The molecule has 3 rings (SSSR count). The van der Waals surface area contributed by atoms with Crippen molar-refractivity contribution in [2.75, 3.05) is 44.2 Å². The maximum absolute atomic E-state index is 12.5. The number of rotatable bonds is 6. The SMILES string of the molecule is CCOc1ccccc1N1CCN(C(=O)CNC(=O)c2ccc(Br)cc2)CC1. The Bertz CT molecular complexity index is 818. The average Bonchev–Trinajstić information content (AvgIpc) is 2.73. The van der Waals surface area contributed by atoms with E-state index in [9.17, 15) is 9.59 Å². The summed E-state index contributed by atoms with van der Waals surface area (Å²) >= 11 is 3.34. The normalized spacial score (nSPS) is 13.9. The van der Waals surface area contributed by atoms with Crippen LogP contribution in [0.4, 0.5) is 5.69 Å². The number of para-hydroxylation sites is 2. The molecule has 0 bridgehead atoms. The molecule has 1 fully saturated rings. The van der Waals surface area contributed by atoms with Crippen LogP contribution in [0.3, 0.4) is 0 Å². The minimum Gasteiger partial charge on any atom is -0.492 e. The number of carbonyl (C=O) groups is 2. The molecule has 2 aromatic rings. The van der Waals surface area contributed by atoms with Crippen molar-refractivity contribution in [3.05, 3.63) is 58.6 Å². The van der Waals surface area contributed by atoms with E-state index in [0.29, 0.717) is 25.3 Å². The second-order valence-corrected chi connectivity index (χ2v) is 7.37. The lowest BCUT2D eigenvalue weighted by molar-refractivity contribution is -0.130. The predicted octanol–water partition coefficient (Wildman–Crippen LogP) is 2.93. The quantitative estimate of drug-likeness (QED) is 0.742. The van der Waals surface area contributed by atoms with Gasteiger partial charge in [0, 0.05) is 36.2 Å². The van der Waals surface area contributed by atoms with Gasteiger partial charge in [0.2, 0.25) is 5.91 Å². The number of ether oxygens (including phenoxy) is 1. The molecular weight excluding hydrogens is 422 g/mol. The standard InChI is InChI=1S/C21H24BrN3O3/c1-2-28-19-6-4-3-5-18(19)24-11-13-25(14-12-24)20(26)15-23-21(27)16-7-9-17(22)10-8-16/h3-10H,2,11-15H2,1H3,(H,23,27). The van der Waals surface area contributed by atoms with Gasteiger partial charge < -0.3 is 19.9 Å². The Kier molecular flexibility index (Phi) is 6.92. The van der Waals surface area contributed by atoms with E-state index in [-0.39, 0.29) is 18.4 Å². The Balaban J connectivity index is 1.50. The van der Waals surface area contributed by atoms with Gasteiger partial charge in [-0.3, -0.25) is 9.59 Å². The van der Waals surface area contributed by atoms with Gasteiger partial charge >= 0.3 is 0 Å². The Morgan fingerprint density at radius 2 is 1.71 bits per heavy atom. The van der Waals surface area contributed by atoms with Gasteiger partial charge in [-0.1, -0.05) is 28.1 Å². The molecule has 7 heteroatoms. The molecular formula is C21H24BrN3O3. The number of halogens is 1. The van der Waals surface area contributed by atoms with Crippen LogP contribution in [0.1, 0.15) is 17.3 Å². The van der Waals surface area contributed by atoms with E-state index in [0.717, 1.165) is 29.0 Å². The number of nitrogens with zero attached hydrogens (tertiary/aromatic N) is 2. The minimum atomic E-state index is -0.245. The zero-order valence-electron chi connectivity index (χ0n) is 15.9. The van der Waals surface area contributed by atoms with Crippen molar-refractivity contribution in [3.63, 3.8) is 0 Å². The molecule has 1 heterocycles. The topological polar surface area (TPSA) is 61.9 Å². The van der Waals surface area contributed by atoms with E-state index in [4.69, 9.17) is 4.74 Å². The molecule has 0 radical (unpaired) electrons. The fourth-order valence-electron chi connectivity index (χ4n) is 3.16. The molecule has 1 N–H and O–H groups in total. The van der Waals surface area contributed by atoms with Crippen LogP contribution < -0.4 is 15.0 Å². The van der Waals surface area contributed by atoms with Crippen LogP contribution in [0.5, 0.6) is 5.75 Å². The van der Waals surface area contributed by atoms with Crippen LogP contribution in [0.25, 0.3) is 0 Å². The highest BCUT2D eigenvalue weighted by Gasteiger charge is 2.23. The molecule has 28 heavy (non-hydrogen) atoms. The molecule has 0 aromatic heterocycles. The van der Waals surface area contributed by atoms with Crippen molar-refractivity contribution < 1.29 is 14.3 Å². The lowest BCUT2D eigenvalue weighted by atomic mass is 10.2. The predicted molar refractivity (Wildman–Crippen MR) is 113 cm³/mol. The van der Waals surface area contributed by atoms with E-state index in [1.54, 1.807) is 29.2 Å². The molecule has 1 aliphatic rings. The van der Waals surface area contributed by atoms with Gasteiger partial charge in [-0.2, -0.15) is 0 Å². The number of anilines is 1. The maximum atomic E-state index is 12.5. The highest BCUT2D eigenvalue weighted by atomic mass is 79.9. The molecule has 1 aliphatic heterocycles. The Labute approximate surface area is 173 Å². The van der Waals surface area contributed by atoms with E-state index < -0.39 is 0 Å². The molecule has 148 valence electrons. The summed E-state index contributed by atoms with van der Waals surface area (Å²) in [4.78, 5) is 28.6. The van der Waals surface area contributed by atoms with Crippen LogP contribution >= 0.6 is 15.9 Å². The highest BCUT2D eigenvalue weighted by Crippen LogP contribution is 2.28. The van der Waals surface area contributed by atoms with Gasteiger partial charge in [0.05, 0.1) is 18.8 Å². The second kappa shape index (κ2) is 9.59. The fraction of sp³-hybridized carbons (Fsp3) is 0.333. The molecule has 6 nitrogen and oxygen atoms in total. The van der Waals surface area contributed by atoms with E-state index in [2.05, 4.69) is 26.1 Å². The van der Waals surface area contributed by atoms with Gasteiger partial charge in [0.1, 0.15) is 5.75 Å². The first-order valence-electron chi connectivity index (χ1n) is 9.37. The summed E-state index contributed by atoms with van der Waals surface area (Å²) in [7, 11) is 0. The van der Waals surface area contributed by atoms with Crippen molar-refractivity contribution in [3.8, 4) is 5.75 Å². The number of piperazine rings is 1. The van der Waals surface area contributed by atoms with E-state index >= 15 is 0 Å². The number of nitrogens with one attached hydrogen (secondary N) is 1. The first kappa shape index (κ1) is 20.2. The first-order chi connectivity index (χ1) is 13.6. The van der Waals surface area contributed by atoms with Gasteiger partial charge in [-0.15, -0.1) is 0 Å². The molecule has 2 amide bonds. The lowest BCUT2D eigenvalue weighted by Gasteiger charge is -2.36. The molecule has 0 saturated carbocycles. The third kappa shape index (κ3) is 5.04. The second-order valence-electron chi connectivity index (χ2n) is 6.46. The molecule has 2 aromatic carbocycles. The van der Waals surface area contributed by atoms with Crippen LogP contribution in [0, 0.1) is 0 Å². The smallest absolute Gasteiger partial charge is 0.251 e. The third-order valence-corrected chi connectivity index (χ3v) is 5.17. The Morgan fingerprint density at radius 3 is 2.39 bits per heavy atom. The zero-order chi connectivity index (χ0) is 19.9. The molecule has 0 atom stereocenters. The summed E-state index contributed by atoms with van der Waals surface area (Å²) < 4.78 is 6.61. The number of hydrogen-bond acceptors (Lipinski definition) is 4. The Morgan fingerprint density at radius 1 is 1.04 bits per heavy atom. The summed E-state index contributed by atoms with van der Waals surface area (Å²) in [6.45, 7) is 5.29. The van der Waals surface area contributed by atoms with Gasteiger partial charge in [-0.25, -0.2) is 0 Å². The van der Waals surface area contributed by atoms with Gasteiger partial charge in [-0.05, 0) is 43.3 Å². The summed E-state index contributed by atoms with van der Waals surface area (Å²) in [5, 5.41) is 2.71. The van der Waals surface area contributed by atoms with Crippen LogP contribution in [-0.4, -0.2) is 56.0 Å². The summed E-state index contributed by atoms with van der Waals surface area (Å²) in [5.74, 6) is 0.555. The van der Waals surface area contributed by atoms with E-state index in [1.165, 1.54) is 0 Å². The van der Waals surface area contributed by atoms with Crippen molar-refractivity contribution in [2.45, 2.75) is 6.92 Å². The van der Waals surface area contributed by atoms with Crippen molar-refractivity contribution in [1.29, 1.82) is 0 Å². The molecule has 1 saturated heterocycles. The lowest BCUT2D eigenvalue weighted by Crippen LogP contribution is -2.51. The van der Waals surface area contributed by atoms with Gasteiger partial charge in [0.25, 0.3) is 5.91 Å². The summed E-state index contributed by atoms with van der Waals surface area (Å²) in [6, 6.07) is 15.0. The molecule has 0 unspecified atom stereocenters. The van der Waals surface area contributed by atoms with Crippen LogP contribution in [0.15, 0.2) is 53.0 Å². The highest BCUT2D eigenvalue weighted by molar-refractivity contribution is 9.10. The largest absolute Gasteiger partial charge is 0.492 e. The summed E-state index contributed by atoms with van der Waals surface area (Å²) in [6.07, 6.45) is 0. The van der Waals surface area contributed by atoms with Crippen molar-refractivity contribution in [2.24, 2.45) is 0 Å². The van der Waals surface area contributed by atoms with Gasteiger partial charge in [0.15, 0.2) is 0 Å². The Hall–Kier alpha value is -2.54. The minimum absolute atomic E-state index is 0.00439. The first-order valence-corrected chi connectivity index (χ1v) is 10.2. The fourth-order valence-corrected chi connectivity index (χ4v) is 3.43. The monoisotopic (exact) mass is 445 g/mol. The van der Waals surface area contributed by atoms with Crippen molar-refractivity contribution >= 4 is 33.4 Å².